The number of fused-ring (bicyclic) bond motifs is 1. The number of likely N-dealkylation sites (N-methyl/N-ethyl adjacent to an activating group) is 1. The number of benzene rings is 2. The summed E-state index contributed by atoms with van der Waals surface area (Å²) in [4.78, 5) is 17.0. The van der Waals surface area contributed by atoms with Gasteiger partial charge in [-0.3, -0.25) is 9.69 Å². The van der Waals surface area contributed by atoms with Crippen molar-refractivity contribution >= 4 is 27.5 Å². The summed E-state index contributed by atoms with van der Waals surface area (Å²) in [6, 6.07) is 15.2. The van der Waals surface area contributed by atoms with Crippen LogP contribution in [0.3, 0.4) is 0 Å². The van der Waals surface area contributed by atoms with Crippen LogP contribution in [0.4, 0.5) is 0 Å². The fourth-order valence-corrected chi connectivity index (χ4v) is 6.50. The number of piperazine rings is 1. The lowest BCUT2D eigenvalue weighted by molar-refractivity contribution is -0.133. The van der Waals surface area contributed by atoms with E-state index >= 15 is 0 Å². The molecule has 1 aliphatic carbocycles. The van der Waals surface area contributed by atoms with Crippen LogP contribution in [0.15, 0.2) is 53.4 Å². The molecule has 1 amide bonds. The molecule has 0 N–H and O–H groups in total. The maximum atomic E-state index is 12.9. The fourth-order valence-electron chi connectivity index (χ4n) is 4.58. The van der Waals surface area contributed by atoms with Crippen LogP contribution >= 0.6 is 11.6 Å². The lowest BCUT2D eigenvalue weighted by Gasteiger charge is -2.37. The highest BCUT2D eigenvalue weighted by molar-refractivity contribution is 7.89. The molecule has 1 heterocycles. The van der Waals surface area contributed by atoms with Crippen molar-refractivity contribution in [2.75, 3.05) is 39.8 Å². The van der Waals surface area contributed by atoms with Gasteiger partial charge in [-0.1, -0.05) is 48.0 Å². The van der Waals surface area contributed by atoms with Crippen molar-refractivity contribution in [1.82, 2.24) is 14.1 Å². The third-order valence-electron chi connectivity index (χ3n) is 6.30. The zero-order valence-electron chi connectivity index (χ0n) is 17.7. The van der Waals surface area contributed by atoms with E-state index in [-0.39, 0.29) is 35.0 Å². The first-order valence-corrected chi connectivity index (χ1v) is 12.5. The van der Waals surface area contributed by atoms with Gasteiger partial charge in [0.25, 0.3) is 0 Å². The predicted octanol–water partition coefficient (Wildman–Crippen LogP) is 3.18. The number of carbonyl (C=O) groups excluding carboxylic acids is 1. The summed E-state index contributed by atoms with van der Waals surface area (Å²) in [5.74, 6) is 0.0420. The number of hydrogen-bond acceptors (Lipinski definition) is 4. The van der Waals surface area contributed by atoms with Gasteiger partial charge < -0.3 is 4.90 Å². The van der Waals surface area contributed by atoms with Crippen LogP contribution in [0, 0.1) is 0 Å². The number of nitrogens with zero attached hydrogens (tertiary/aromatic N) is 3. The van der Waals surface area contributed by atoms with E-state index in [2.05, 4.69) is 29.2 Å². The molecular weight excluding hydrogens is 434 g/mol. The maximum Gasteiger partial charge on any atom is 0.244 e. The van der Waals surface area contributed by atoms with Gasteiger partial charge in [-0.05, 0) is 49.6 Å². The Morgan fingerprint density at radius 2 is 1.74 bits per heavy atom. The largest absolute Gasteiger partial charge is 0.339 e. The summed E-state index contributed by atoms with van der Waals surface area (Å²) < 4.78 is 27.2. The van der Waals surface area contributed by atoms with Gasteiger partial charge in [0.2, 0.25) is 15.9 Å². The van der Waals surface area contributed by atoms with Crippen molar-refractivity contribution in [1.29, 1.82) is 0 Å². The van der Waals surface area contributed by atoms with E-state index < -0.39 is 10.0 Å². The highest BCUT2D eigenvalue weighted by Gasteiger charge is 2.32. The van der Waals surface area contributed by atoms with Crippen molar-refractivity contribution in [2.24, 2.45) is 0 Å². The zero-order chi connectivity index (χ0) is 22.0. The van der Waals surface area contributed by atoms with E-state index in [4.69, 9.17) is 11.6 Å². The van der Waals surface area contributed by atoms with E-state index in [0.29, 0.717) is 19.6 Å². The summed E-state index contributed by atoms with van der Waals surface area (Å²) in [7, 11) is -1.66. The van der Waals surface area contributed by atoms with E-state index in [1.54, 1.807) is 23.1 Å². The highest BCUT2D eigenvalue weighted by Crippen LogP contribution is 2.33. The second-order valence-electron chi connectivity index (χ2n) is 8.24. The molecular formula is C23H28ClN3O3S. The molecule has 31 heavy (non-hydrogen) atoms. The third kappa shape index (κ3) is 4.65. The van der Waals surface area contributed by atoms with Crippen molar-refractivity contribution in [2.45, 2.75) is 30.2 Å². The molecule has 2 aromatic rings. The van der Waals surface area contributed by atoms with Crippen LogP contribution in [0.5, 0.6) is 0 Å². The lowest BCUT2D eigenvalue weighted by atomic mass is 9.87. The summed E-state index contributed by atoms with van der Waals surface area (Å²) in [6.45, 7) is 1.65. The number of halogens is 1. The molecule has 0 radical (unpaired) electrons. The monoisotopic (exact) mass is 461 g/mol. The molecule has 1 fully saturated rings. The minimum atomic E-state index is -3.66. The molecule has 166 valence electrons. The molecule has 0 bridgehead atoms. The number of hydrogen-bond donors (Lipinski definition) is 0. The highest BCUT2D eigenvalue weighted by atomic mass is 35.5. The van der Waals surface area contributed by atoms with Gasteiger partial charge >= 0.3 is 0 Å². The Hall–Kier alpha value is -1.93. The van der Waals surface area contributed by atoms with Gasteiger partial charge in [0.1, 0.15) is 4.90 Å². The first-order valence-electron chi connectivity index (χ1n) is 10.7. The smallest absolute Gasteiger partial charge is 0.244 e. The fraction of sp³-hybridized carbons (Fsp3) is 0.435. The molecule has 0 spiro atoms. The van der Waals surface area contributed by atoms with E-state index in [1.165, 1.54) is 21.5 Å². The van der Waals surface area contributed by atoms with Gasteiger partial charge in [0, 0.05) is 32.2 Å². The number of carbonyl (C=O) groups is 1. The minimum Gasteiger partial charge on any atom is -0.339 e. The van der Waals surface area contributed by atoms with E-state index in [0.717, 1.165) is 19.3 Å². The van der Waals surface area contributed by atoms with E-state index in [9.17, 15) is 13.2 Å². The number of aryl methyl sites for hydroxylation is 1. The number of amides is 1. The Morgan fingerprint density at radius 1 is 1.06 bits per heavy atom. The molecule has 1 saturated heterocycles. The minimum absolute atomic E-state index is 0.0420. The van der Waals surface area contributed by atoms with Gasteiger partial charge in [-0.25, -0.2) is 8.42 Å². The standard InChI is InChI=1S/C23H28ClN3O3S/c1-25(21-11-6-8-18-7-2-3-9-19(18)21)17-23(28)26-13-15-27(16-14-26)31(29,30)22-12-5-4-10-20(22)24/h2-5,7,9-10,12,21H,6,8,11,13-17H2,1H3. The molecule has 6 nitrogen and oxygen atoms in total. The maximum absolute atomic E-state index is 12.9. The SMILES string of the molecule is CN(CC(=O)N1CCN(S(=O)(=O)c2ccccc2Cl)CC1)C1CCCc2ccccc21. The average Bonchev–Trinajstić information content (AvgIpc) is 2.79. The lowest BCUT2D eigenvalue weighted by Crippen LogP contribution is -2.52. The zero-order valence-corrected chi connectivity index (χ0v) is 19.3. The molecule has 8 heteroatoms. The van der Waals surface area contributed by atoms with Gasteiger partial charge in [0.15, 0.2) is 0 Å². The first-order chi connectivity index (χ1) is 14.9. The van der Waals surface area contributed by atoms with E-state index in [1.807, 2.05) is 7.05 Å². The van der Waals surface area contributed by atoms with Crippen molar-refractivity contribution in [3.8, 4) is 0 Å². The van der Waals surface area contributed by atoms with Crippen LogP contribution < -0.4 is 0 Å². The Balaban J connectivity index is 1.36. The number of rotatable bonds is 5. The first kappa shape index (κ1) is 22.3. The molecule has 1 atom stereocenters. The topological polar surface area (TPSA) is 60.9 Å². The Bertz CT molecular complexity index is 1050. The second-order valence-corrected chi connectivity index (χ2v) is 10.6. The molecule has 2 aliphatic rings. The Morgan fingerprint density at radius 3 is 2.48 bits per heavy atom. The van der Waals surface area contributed by atoms with Crippen molar-refractivity contribution in [3.05, 3.63) is 64.7 Å². The third-order valence-corrected chi connectivity index (χ3v) is 8.70. The summed E-state index contributed by atoms with van der Waals surface area (Å²) in [5.41, 5.74) is 2.69. The Kier molecular flexibility index (Phi) is 6.67. The van der Waals surface area contributed by atoms with Gasteiger partial charge in [-0.15, -0.1) is 0 Å². The molecule has 1 unspecified atom stereocenters. The second kappa shape index (κ2) is 9.28. The van der Waals surface area contributed by atoms with Crippen molar-refractivity contribution in [3.63, 3.8) is 0 Å². The van der Waals surface area contributed by atoms with Crippen molar-refractivity contribution < 1.29 is 13.2 Å². The van der Waals surface area contributed by atoms with Gasteiger partial charge in [-0.2, -0.15) is 4.31 Å². The molecule has 0 aromatic heterocycles. The summed E-state index contributed by atoms with van der Waals surface area (Å²) in [5, 5.41) is 0.218. The van der Waals surface area contributed by atoms with Crippen LogP contribution in [-0.2, 0) is 21.2 Å². The normalized spacial score (nSPS) is 20.0. The Labute approximate surface area is 189 Å². The van der Waals surface area contributed by atoms with Crippen LogP contribution in [-0.4, -0.2) is 68.2 Å². The molecule has 4 rings (SSSR count). The summed E-state index contributed by atoms with van der Waals surface area (Å²) >= 11 is 6.10. The quantitative estimate of drug-likeness (QED) is 0.686. The summed E-state index contributed by atoms with van der Waals surface area (Å²) in [6.07, 6.45) is 3.26. The van der Waals surface area contributed by atoms with Crippen LogP contribution in [0.25, 0.3) is 0 Å². The molecule has 0 saturated carbocycles. The van der Waals surface area contributed by atoms with Gasteiger partial charge in [0.05, 0.1) is 11.6 Å². The molecule has 2 aromatic carbocycles. The van der Waals surface area contributed by atoms with Crippen LogP contribution in [0.1, 0.15) is 30.0 Å². The predicted molar refractivity (Wildman–Crippen MR) is 122 cm³/mol. The average molecular weight is 462 g/mol. The van der Waals surface area contributed by atoms with Crippen LogP contribution in [0.2, 0.25) is 5.02 Å². The molecule has 1 aliphatic heterocycles. The number of sulfonamides is 1.